The number of unbranched alkanes of at least 4 members (excludes halogenated alkanes) is 1. The van der Waals surface area contributed by atoms with Crippen molar-refractivity contribution in [2.24, 2.45) is 5.41 Å². The van der Waals surface area contributed by atoms with Gasteiger partial charge < -0.3 is 0 Å². The van der Waals surface area contributed by atoms with Crippen molar-refractivity contribution in [1.82, 2.24) is 0 Å². The van der Waals surface area contributed by atoms with E-state index in [0.29, 0.717) is 0 Å². The monoisotopic (exact) mass is 251 g/mol. The largest absolute Gasteiger partial charge is 0.198 e. The predicted octanol–water partition coefficient (Wildman–Crippen LogP) is 3.14. The fourth-order valence-corrected chi connectivity index (χ4v) is 1.26. The highest BCUT2D eigenvalue weighted by Gasteiger charge is 2.14. The predicted molar refractivity (Wildman–Crippen MR) is 52.1 cm³/mol. The molecule has 0 rings (SSSR count). The molecule has 0 saturated heterocycles. The van der Waals surface area contributed by atoms with Gasteiger partial charge in [0.15, 0.2) is 0 Å². The molecule has 0 fully saturated rings. The van der Waals surface area contributed by atoms with Crippen LogP contribution < -0.4 is 0 Å². The molecule has 0 heterocycles. The number of nitrogens with zero attached hydrogens (tertiary/aromatic N) is 1. The van der Waals surface area contributed by atoms with Gasteiger partial charge in [-0.15, -0.1) is 0 Å². The molecule has 0 spiro atoms. The second kappa shape index (κ2) is 4.95. The van der Waals surface area contributed by atoms with Crippen molar-refractivity contribution in [1.29, 1.82) is 5.26 Å². The lowest BCUT2D eigenvalue weighted by Crippen LogP contribution is -2.06. The Kier molecular flexibility index (Phi) is 5.06. The van der Waals surface area contributed by atoms with Gasteiger partial charge >= 0.3 is 0 Å². The van der Waals surface area contributed by atoms with E-state index in [0.717, 1.165) is 6.42 Å². The first-order valence-corrected chi connectivity index (χ1v) is 5.12. The summed E-state index contributed by atoms with van der Waals surface area (Å²) in [4.78, 5) is 0. The van der Waals surface area contributed by atoms with Gasteiger partial charge in [0.2, 0.25) is 0 Å². The van der Waals surface area contributed by atoms with Crippen molar-refractivity contribution in [2.75, 3.05) is 4.43 Å². The van der Waals surface area contributed by atoms with E-state index < -0.39 is 0 Å². The molecule has 0 aromatic rings. The van der Waals surface area contributed by atoms with Gasteiger partial charge in [-0.1, -0.05) is 29.0 Å². The van der Waals surface area contributed by atoms with E-state index in [4.69, 9.17) is 5.26 Å². The maximum absolute atomic E-state index is 8.64. The van der Waals surface area contributed by atoms with Crippen LogP contribution in [0.25, 0.3) is 0 Å². The molecule has 0 aliphatic rings. The molecule has 0 amide bonds. The third-order valence-corrected chi connectivity index (χ3v) is 2.25. The highest BCUT2D eigenvalue weighted by molar-refractivity contribution is 14.1. The lowest BCUT2D eigenvalue weighted by atomic mass is 9.89. The molecular formula is C8H14IN. The summed E-state index contributed by atoms with van der Waals surface area (Å²) in [5.41, 5.74) is -0.105. The Morgan fingerprint density at radius 2 is 2.00 bits per heavy atom. The Bertz CT molecular complexity index is 124. The molecule has 0 aromatic carbocycles. The molecule has 0 N–H and O–H groups in total. The third kappa shape index (κ3) is 5.04. The van der Waals surface area contributed by atoms with Crippen LogP contribution in [-0.4, -0.2) is 4.43 Å². The van der Waals surface area contributed by atoms with Crippen molar-refractivity contribution < 1.29 is 0 Å². The van der Waals surface area contributed by atoms with Crippen molar-refractivity contribution in [3.63, 3.8) is 0 Å². The highest BCUT2D eigenvalue weighted by atomic mass is 127. The highest BCUT2D eigenvalue weighted by Crippen LogP contribution is 2.21. The summed E-state index contributed by atoms with van der Waals surface area (Å²) in [5, 5.41) is 8.64. The summed E-state index contributed by atoms with van der Waals surface area (Å²) in [7, 11) is 0. The molecule has 0 atom stereocenters. The molecule has 2 heteroatoms. The number of alkyl halides is 1. The maximum Gasteiger partial charge on any atom is 0.0683 e. The number of nitriles is 1. The van der Waals surface area contributed by atoms with Crippen LogP contribution in [0.5, 0.6) is 0 Å². The van der Waals surface area contributed by atoms with Gasteiger partial charge in [0.25, 0.3) is 0 Å². The first-order chi connectivity index (χ1) is 4.62. The summed E-state index contributed by atoms with van der Waals surface area (Å²) in [5.74, 6) is 0. The topological polar surface area (TPSA) is 23.8 Å². The zero-order valence-electron chi connectivity index (χ0n) is 6.65. The van der Waals surface area contributed by atoms with Crippen LogP contribution in [0.4, 0.5) is 0 Å². The van der Waals surface area contributed by atoms with Crippen LogP contribution in [0.3, 0.4) is 0 Å². The molecular weight excluding hydrogens is 237 g/mol. The Hall–Kier alpha value is 0.220. The zero-order valence-corrected chi connectivity index (χ0v) is 8.81. The van der Waals surface area contributed by atoms with Crippen LogP contribution in [0, 0.1) is 16.7 Å². The quantitative estimate of drug-likeness (QED) is 0.427. The van der Waals surface area contributed by atoms with Crippen LogP contribution in [0.2, 0.25) is 0 Å². The molecule has 0 radical (unpaired) electrons. The second-order valence-corrected chi connectivity index (χ2v) is 4.22. The molecule has 0 unspecified atom stereocenters. The maximum atomic E-state index is 8.64. The van der Waals surface area contributed by atoms with E-state index in [1.165, 1.54) is 17.3 Å². The molecule has 0 bridgehead atoms. The van der Waals surface area contributed by atoms with Gasteiger partial charge in [0, 0.05) is 0 Å². The van der Waals surface area contributed by atoms with Crippen LogP contribution in [0.1, 0.15) is 33.1 Å². The molecule has 10 heavy (non-hydrogen) atoms. The van der Waals surface area contributed by atoms with Gasteiger partial charge in [-0.2, -0.15) is 5.26 Å². The first kappa shape index (κ1) is 10.2. The van der Waals surface area contributed by atoms with E-state index in [9.17, 15) is 0 Å². The minimum absolute atomic E-state index is 0.105. The van der Waals surface area contributed by atoms with Gasteiger partial charge in [-0.25, -0.2) is 0 Å². The molecule has 0 aliphatic heterocycles. The number of hydrogen-bond donors (Lipinski definition) is 0. The average molecular weight is 251 g/mol. The van der Waals surface area contributed by atoms with E-state index in [-0.39, 0.29) is 5.41 Å². The van der Waals surface area contributed by atoms with Crippen molar-refractivity contribution >= 4 is 22.6 Å². The smallest absolute Gasteiger partial charge is 0.0683 e. The van der Waals surface area contributed by atoms with E-state index in [1.54, 1.807) is 0 Å². The third-order valence-electron chi connectivity index (χ3n) is 1.49. The Morgan fingerprint density at radius 3 is 2.40 bits per heavy atom. The standard InChI is InChI=1S/C8H14IN/c1-8(2,7-10)5-3-4-6-9/h3-6H2,1-2H3. The lowest BCUT2D eigenvalue weighted by Gasteiger charge is -2.13. The van der Waals surface area contributed by atoms with Crippen molar-refractivity contribution in [3.05, 3.63) is 0 Å². The van der Waals surface area contributed by atoms with Gasteiger partial charge in [0.1, 0.15) is 0 Å². The van der Waals surface area contributed by atoms with Gasteiger partial charge in [0.05, 0.1) is 11.5 Å². The van der Waals surface area contributed by atoms with E-state index in [1.807, 2.05) is 13.8 Å². The van der Waals surface area contributed by atoms with Gasteiger partial charge in [-0.05, 0) is 31.1 Å². The van der Waals surface area contributed by atoms with Crippen LogP contribution in [-0.2, 0) is 0 Å². The first-order valence-electron chi connectivity index (χ1n) is 3.59. The van der Waals surface area contributed by atoms with Crippen molar-refractivity contribution in [3.8, 4) is 6.07 Å². The summed E-state index contributed by atoms with van der Waals surface area (Å²) < 4.78 is 1.21. The molecule has 1 nitrogen and oxygen atoms in total. The molecule has 0 saturated carbocycles. The normalized spacial score (nSPS) is 11.0. The van der Waals surface area contributed by atoms with Crippen LogP contribution in [0.15, 0.2) is 0 Å². The van der Waals surface area contributed by atoms with Crippen molar-refractivity contribution in [2.45, 2.75) is 33.1 Å². The summed E-state index contributed by atoms with van der Waals surface area (Å²) in [6.07, 6.45) is 3.46. The molecule has 0 aromatic heterocycles. The fraction of sp³-hybridized carbons (Fsp3) is 0.875. The van der Waals surface area contributed by atoms with E-state index in [2.05, 4.69) is 28.7 Å². The number of rotatable bonds is 4. The zero-order chi connectivity index (χ0) is 8.04. The fourth-order valence-electron chi connectivity index (χ4n) is 0.717. The second-order valence-electron chi connectivity index (χ2n) is 3.14. The minimum Gasteiger partial charge on any atom is -0.198 e. The Balaban J connectivity index is 3.40. The van der Waals surface area contributed by atoms with Crippen LogP contribution >= 0.6 is 22.6 Å². The molecule has 0 aliphatic carbocycles. The summed E-state index contributed by atoms with van der Waals surface area (Å²) in [6, 6.07) is 2.30. The Morgan fingerprint density at radius 1 is 1.40 bits per heavy atom. The summed E-state index contributed by atoms with van der Waals surface area (Å²) >= 11 is 2.37. The summed E-state index contributed by atoms with van der Waals surface area (Å²) in [6.45, 7) is 4.00. The SMILES string of the molecule is CC(C)(C#N)CCCCI. The number of halogens is 1. The minimum atomic E-state index is -0.105. The number of hydrogen-bond acceptors (Lipinski definition) is 1. The van der Waals surface area contributed by atoms with E-state index >= 15 is 0 Å². The Labute approximate surface area is 76.9 Å². The molecule has 58 valence electrons. The van der Waals surface area contributed by atoms with Gasteiger partial charge in [-0.3, -0.25) is 0 Å². The lowest BCUT2D eigenvalue weighted by molar-refractivity contribution is 0.433. The average Bonchev–Trinajstić information content (AvgIpc) is 1.89.